The number of carboxylic acid groups (broad SMARTS) is 1. The standard InChI is InChI=1S/C28H27N3O3S/c1-16-5-7-19(8-6-16)26-18(3)27-22-10-9-21(29-24-11-12-34-30-24)13-20(22)15-31(35-4)28(27)17(2)23(26)14-25(32)33/h5-13H,14-15H2,1-4H3,(H,29,30)(H,32,33). The first-order chi connectivity index (χ1) is 16.9. The SMILES string of the molecule is CSN1Cc2cc(Nc3ccon3)ccc2-c2c(C)c(-c3ccc(C)cc3)c(CC(=O)O)c(C)c21. The van der Waals surface area contributed by atoms with Gasteiger partial charge in [-0.15, -0.1) is 0 Å². The van der Waals surface area contributed by atoms with Gasteiger partial charge in [0.1, 0.15) is 6.26 Å². The summed E-state index contributed by atoms with van der Waals surface area (Å²) in [6.45, 7) is 6.95. The molecular weight excluding hydrogens is 458 g/mol. The third kappa shape index (κ3) is 4.17. The summed E-state index contributed by atoms with van der Waals surface area (Å²) in [5, 5.41) is 17.0. The molecular formula is C28H27N3O3S. The van der Waals surface area contributed by atoms with E-state index < -0.39 is 5.97 Å². The Hall–Kier alpha value is -3.71. The van der Waals surface area contributed by atoms with Gasteiger partial charge < -0.3 is 19.3 Å². The van der Waals surface area contributed by atoms with Crippen LogP contribution in [0.4, 0.5) is 17.2 Å². The van der Waals surface area contributed by atoms with Gasteiger partial charge in [-0.25, -0.2) is 0 Å². The summed E-state index contributed by atoms with van der Waals surface area (Å²) in [6.07, 6.45) is 3.59. The van der Waals surface area contributed by atoms with Crippen LogP contribution in [0.5, 0.6) is 0 Å². The number of rotatable bonds is 6. The Labute approximate surface area is 209 Å². The molecule has 0 amide bonds. The number of aromatic nitrogens is 1. The van der Waals surface area contributed by atoms with E-state index in [0.29, 0.717) is 12.4 Å². The maximum Gasteiger partial charge on any atom is 0.307 e. The van der Waals surface area contributed by atoms with Crippen LogP contribution in [0.1, 0.15) is 27.8 Å². The molecule has 0 bridgehead atoms. The summed E-state index contributed by atoms with van der Waals surface area (Å²) in [4.78, 5) is 11.9. The van der Waals surface area contributed by atoms with E-state index in [0.717, 1.165) is 44.8 Å². The minimum atomic E-state index is -0.823. The third-order valence-electron chi connectivity index (χ3n) is 6.63. The van der Waals surface area contributed by atoms with Crippen molar-refractivity contribution in [1.29, 1.82) is 0 Å². The second-order valence-electron chi connectivity index (χ2n) is 8.86. The maximum absolute atomic E-state index is 11.9. The molecule has 178 valence electrons. The highest BCUT2D eigenvalue weighted by Crippen LogP contribution is 2.50. The summed E-state index contributed by atoms with van der Waals surface area (Å²) in [6, 6.07) is 16.5. The van der Waals surface area contributed by atoms with Crippen molar-refractivity contribution in [2.24, 2.45) is 0 Å². The average Bonchev–Trinajstić information content (AvgIpc) is 3.35. The summed E-state index contributed by atoms with van der Waals surface area (Å²) in [5.74, 6) is -0.161. The van der Waals surface area contributed by atoms with Crippen LogP contribution < -0.4 is 9.62 Å². The number of anilines is 3. The van der Waals surface area contributed by atoms with Crippen LogP contribution in [-0.4, -0.2) is 22.5 Å². The first-order valence-electron chi connectivity index (χ1n) is 11.4. The zero-order valence-electron chi connectivity index (χ0n) is 20.2. The van der Waals surface area contributed by atoms with Crippen molar-refractivity contribution in [3.8, 4) is 22.3 Å². The van der Waals surface area contributed by atoms with Gasteiger partial charge in [-0.3, -0.25) is 4.79 Å². The maximum atomic E-state index is 11.9. The van der Waals surface area contributed by atoms with Crippen LogP contribution in [0, 0.1) is 20.8 Å². The molecule has 2 heterocycles. The number of carbonyl (C=O) groups is 1. The number of nitrogens with zero attached hydrogens (tertiary/aromatic N) is 2. The van der Waals surface area contributed by atoms with Crippen molar-refractivity contribution in [2.45, 2.75) is 33.7 Å². The molecule has 1 aliphatic rings. The molecule has 3 aromatic carbocycles. The predicted molar refractivity (Wildman–Crippen MR) is 142 cm³/mol. The summed E-state index contributed by atoms with van der Waals surface area (Å²) in [7, 11) is 0. The molecule has 0 fully saturated rings. The lowest BCUT2D eigenvalue weighted by Gasteiger charge is -2.36. The van der Waals surface area contributed by atoms with Crippen molar-refractivity contribution in [3.63, 3.8) is 0 Å². The number of aryl methyl sites for hydroxylation is 1. The lowest BCUT2D eigenvalue weighted by atomic mass is 9.81. The monoisotopic (exact) mass is 485 g/mol. The minimum Gasteiger partial charge on any atom is -0.481 e. The molecule has 6 nitrogen and oxygen atoms in total. The van der Waals surface area contributed by atoms with Crippen LogP contribution in [0.15, 0.2) is 59.3 Å². The van der Waals surface area contributed by atoms with Gasteiger partial charge in [-0.05, 0) is 71.8 Å². The Kier molecular flexibility index (Phi) is 6.03. The molecule has 0 unspecified atom stereocenters. The quantitative estimate of drug-likeness (QED) is 0.288. The fourth-order valence-corrected chi connectivity index (χ4v) is 5.71. The Morgan fingerprint density at radius 1 is 1.09 bits per heavy atom. The fraction of sp³-hybridized carbons (Fsp3) is 0.214. The van der Waals surface area contributed by atoms with Gasteiger partial charge >= 0.3 is 5.97 Å². The van der Waals surface area contributed by atoms with Crippen molar-refractivity contribution in [3.05, 3.63) is 82.6 Å². The summed E-state index contributed by atoms with van der Waals surface area (Å²) < 4.78 is 7.21. The van der Waals surface area contributed by atoms with Gasteiger partial charge in [0.25, 0.3) is 0 Å². The normalized spacial score (nSPS) is 12.3. The average molecular weight is 486 g/mol. The summed E-state index contributed by atoms with van der Waals surface area (Å²) in [5.41, 5.74) is 11.8. The smallest absolute Gasteiger partial charge is 0.307 e. The van der Waals surface area contributed by atoms with Crippen LogP contribution in [-0.2, 0) is 17.8 Å². The lowest BCUT2D eigenvalue weighted by molar-refractivity contribution is -0.136. The summed E-state index contributed by atoms with van der Waals surface area (Å²) >= 11 is 1.66. The molecule has 0 spiro atoms. The van der Waals surface area contributed by atoms with Gasteiger partial charge in [0, 0.05) is 23.6 Å². The minimum absolute atomic E-state index is 0.0151. The second-order valence-corrected chi connectivity index (χ2v) is 9.67. The Bertz CT molecular complexity index is 1410. The molecule has 0 radical (unpaired) electrons. The van der Waals surface area contributed by atoms with Crippen molar-refractivity contribution in [2.75, 3.05) is 15.9 Å². The fourth-order valence-electron chi connectivity index (χ4n) is 5.03. The van der Waals surface area contributed by atoms with E-state index >= 15 is 0 Å². The first kappa shape index (κ1) is 23.1. The Balaban J connectivity index is 1.74. The third-order valence-corrected chi connectivity index (χ3v) is 7.39. The lowest BCUT2D eigenvalue weighted by Crippen LogP contribution is -2.22. The largest absolute Gasteiger partial charge is 0.481 e. The molecule has 5 rings (SSSR count). The van der Waals surface area contributed by atoms with Gasteiger partial charge in [0.2, 0.25) is 0 Å². The highest BCUT2D eigenvalue weighted by Gasteiger charge is 2.30. The van der Waals surface area contributed by atoms with Gasteiger partial charge in [0.15, 0.2) is 5.82 Å². The zero-order valence-corrected chi connectivity index (χ0v) is 21.0. The Morgan fingerprint density at radius 3 is 2.51 bits per heavy atom. The van der Waals surface area contributed by atoms with Crippen LogP contribution in [0.25, 0.3) is 22.3 Å². The van der Waals surface area contributed by atoms with E-state index in [1.54, 1.807) is 24.3 Å². The molecule has 0 aliphatic carbocycles. The number of aliphatic carboxylic acids is 1. The van der Waals surface area contributed by atoms with Crippen LogP contribution >= 0.6 is 11.9 Å². The van der Waals surface area contributed by atoms with Crippen molar-refractivity contribution >= 4 is 35.1 Å². The molecule has 0 saturated heterocycles. The van der Waals surface area contributed by atoms with E-state index in [2.05, 4.69) is 84.3 Å². The van der Waals surface area contributed by atoms with Crippen molar-refractivity contribution in [1.82, 2.24) is 5.16 Å². The molecule has 0 atom stereocenters. The van der Waals surface area contributed by atoms with Crippen molar-refractivity contribution < 1.29 is 14.4 Å². The second kappa shape index (κ2) is 9.15. The zero-order chi connectivity index (χ0) is 24.7. The number of nitrogens with one attached hydrogen (secondary N) is 1. The first-order valence-corrected chi connectivity index (χ1v) is 12.6. The number of benzene rings is 3. The van der Waals surface area contributed by atoms with Crippen LogP contribution in [0.2, 0.25) is 0 Å². The number of hydrogen-bond donors (Lipinski definition) is 2. The number of fused-ring (bicyclic) bond motifs is 3. The van der Waals surface area contributed by atoms with E-state index in [-0.39, 0.29) is 6.42 Å². The van der Waals surface area contributed by atoms with E-state index in [4.69, 9.17) is 4.52 Å². The molecule has 35 heavy (non-hydrogen) atoms. The number of hydrogen-bond acceptors (Lipinski definition) is 6. The predicted octanol–water partition coefficient (Wildman–Crippen LogP) is 6.90. The van der Waals surface area contributed by atoms with Gasteiger partial charge in [0.05, 0.1) is 18.7 Å². The topological polar surface area (TPSA) is 78.6 Å². The molecule has 1 aliphatic heterocycles. The number of carboxylic acids is 1. The molecule has 7 heteroatoms. The highest BCUT2D eigenvalue weighted by molar-refractivity contribution is 7.99. The van der Waals surface area contributed by atoms with E-state index in [1.807, 2.05) is 0 Å². The van der Waals surface area contributed by atoms with E-state index in [9.17, 15) is 9.90 Å². The molecule has 4 aromatic rings. The van der Waals surface area contributed by atoms with Gasteiger partial charge in [-0.1, -0.05) is 53.0 Å². The molecule has 0 saturated carbocycles. The van der Waals surface area contributed by atoms with Gasteiger partial charge in [-0.2, -0.15) is 0 Å². The molecule has 1 aromatic heterocycles. The molecule has 2 N–H and O–H groups in total. The highest BCUT2D eigenvalue weighted by atomic mass is 32.2. The van der Waals surface area contributed by atoms with E-state index in [1.165, 1.54) is 16.7 Å². The Morgan fingerprint density at radius 2 is 1.86 bits per heavy atom. The van der Waals surface area contributed by atoms with Crippen LogP contribution in [0.3, 0.4) is 0 Å².